The first-order valence-electron chi connectivity index (χ1n) is 3.06. The maximum atomic E-state index is 5.25. The fourth-order valence-corrected chi connectivity index (χ4v) is 0.376. The molecule has 1 aromatic rings. The van der Waals surface area contributed by atoms with Crippen LogP contribution in [0, 0.1) is 0 Å². The highest BCUT2D eigenvalue weighted by Crippen LogP contribution is 1.89. The minimum absolute atomic E-state index is 0. The molecular weight excluding hydrogens is 112 g/mol. The summed E-state index contributed by atoms with van der Waals surface area (Å²) in [7, 11) is 0. The van der Waals surface area contributed by atoms with Crippen molar-refractivity contribution in [2.75, 3.05) is 5.73 Å². The number of nitrogens with zero attached hydrogens (tertiary/aromatic N) is 1. The molecule has 0 saturated heterocycles. The predicted molar refractivity (Wildman–Crippen MR) is 42.1 cm³/mol. The molecule has 0 saturated carbocycles. The summed E-state index contributed by atoms with van der Waals surface area (Å²) in [6.07, 6.45) is 1.66. The zero-order valence-electron chi connectivity index (χ0n) is 5.83. The Bertz CT molecular complexity index is 142. The van der Waals surface area contributed by atoms with E-state index in [1.807, 2.05) is 26.0 Å². The van der Waals surface area contributed by atoms with Crippen LogP contribution in [0.3, 0.4) is 0 Å². The van der Waals surface area contributed by atoms with Gasteiger partial charge in [0, 0.05) is 7.62 Å². The fraction of sp³-hybridized carbons (Fsp3) is 0.286. The van der Waals surface area contributed by atoms with Crippen LogP contribution in [-0.2, 0) is 0 Å². The van der Waals surface area contributed by atoms with E-state index in [0.717, 1.165) is 0 Å². The molecule has 0 fully saturated rings. The molecule has 0 aliphatic rings. The van der Waals surface area contributed by atoms with Crippen LogP contribution in [0.5, 0.6) is 0 Å². The SMILES string of the molecule is CC.Nc1ccccn1.[HH]. The van der Waals surface area contributed by atoms with Gasteiger partial charge in [-0.15, -0.1) is 0 Å². The minimum Gasteiger partial charge on any atom is -0.384 e. The van der Waals surface area contributed by atoms with E-state index >= 15 is 0 Å². The van der Waals surface area contributed by atoms with Crippen molar-refractivity contribution < 1.29 is 1.43 Å². The smallest absolute Gasteiger partial charge is 0.123 e. The van der Waals surface area contributed by atoms with Crippen LogP contribution >= 0.6 is 0 Å². The first kappa shape index (κ1) is 7.95. The van der Waals surface area contributed by atoms with Gasteiger partial charge in [-0.2, -0.15) is 0 Å². The molecule has 1 heterocycles. The molecule has 2 heteroatoms. The van der Waals surface area contributed by atoms with Crippen LogP contribution in [0.15, 0.2) is 24.4 Å². The summed E-state index contributed by atoms with van der Waals surface area (Å²) in [5.41, 5.74) is 5.25. The van der Waals surface area contributed by atoms with E-state index in [2.05, 4.69) is 4.98 Å². The van der Waals surface area contributed by atoms with E-state index in [9.17, 15) is 0 Å². The van der Waals surface area contributed by atoms with Crippen molar-refractivity contribution in [3.8, 4) is 0 Å². The van der Waals surface area contributed by atoms with Gasteiger partial charge in [0.25, 0.3) is 0 Å². The Balaban J connectivity index is 0. The van der Waals surface area contributed by atoms with Crippen LogP contribution in [0.4, 0.5) is 5.82 Å². The maximum Gasteiger partial charge on any atom is 0.123 e. The van der Waals surface area contributed by atoms with Crippen molar-refractivity contribution in [2.45, 2.75) is 13.8 Å². The molecule has 0 bridgehead atoms. The van der Waals surface area contributed by atoms with E-state index in [1.165, 1.54) is 0 Å². The van der Waals surface area contributed by atoms with Gasteiger partial charge in [-0.1, -0.05) is 19.9 Å². The Labute approximate surface area is 57.2 Å². The molecule has 1 aromatic heterocycles. The van der Waals surface area contributed by atoms with E-state index in [0.29, 0.717) is 5.82 Å². The number of anilines is 1. The topological polar surface area (TPSA) is 38.9 Å². The number of aromatic nitrogens is 1. The second-order valence-electron chi connectivity index (χ2n) is 1.25. The van der Waals surface area contributed by atoms with Gasteiger partial charge in [0.05, 0.1) is 0 Å². The lowest BCUT2D eigenvalue weighted by Crippen LogP contribution is -1.85. The Hall–Kier alpha value is -1.05. The van der Waals surface area contributed by atoms with Crippen LogP contribution in [-0.4, -0.2) is 4.98 Å². The summed E-state index contributed by atoms with van der Waals surface area (Å²) in [5.74, 6) is 0.572. The second-order valence-corrected chi connectivity index (χ2v) is 1.25. The first-order chi connectivity index (χ1) is 4.39. The highest BCUT2D eigenvalue weighted by Gasteiger charge is 1.73. The van der Waals surface area contributed by atoms with Crippen LogP contribution < -0.4 is 5.73 Å². The molecule has 2 nitrogen and oxygen atoms in total. The minimum atomic E-state index is 0. The molecule has 0 aliphatic heterocycles. The van der Waals surface area contributed by atoms with E-state index in [-0.39, 0.29) is 1.43 Å². The second kappa shape index (κ2) is 5.09. The molecule has 52 valence electrons. The number of nitrogens with two attached hydrogens (primary N) is 1. The van der Waals surface area contributed by atoms with Gasteiger partial charge in [-0.25, -0.2) is 4.98 Å². The highest BCUT2D eigenvalue weighted by atomic mass is 14.8. The monoisotopic (exact) mass is 126 g/mol. The lowest BCUT2D eigenvalue weighted by Gasteiger charge is -1.82. The van der Waals surface area contributed by atoms with Crippen molar-refractivity contribution in [2.24, 2.45) is 0 Å². The van der Waals surface area contributed by atoms with Crippen molar-refractivity contribution in [3.63, 3.8) is 0 Å². The summed E-state index contributed by atoms with van der Waals surface area (Å²) in [5, 5.41) is 0. The van der Waals surface area contributed by atoms with Gasteiger partial charge in [0.15, 0.2) is 0 Å². The Morgan fingerprint density at radius 2 is 2.11 bits per heavy atom. The standard InChI is InChI=1S/C5H6N2.C2H6.H2/c6-5-3-1-2-4-7-5;1-2;/h1-4H,(H2,6,7);1-2H3;1H. The average molecular weight is 126 g/mol. The summed E-state index contributed by atoms with van der Waals surface area (Å²) in [6, 6.07) is 5.43. The molecule has 0 aromatic carbocycles. The third kappa shape index (κ3) is 3.53. The van der Waals surface area contributed by atoms with Gasteiger partial charge >= 0.3 is 0 Å². The van der Waals surface area contributed by atoms with Crippen molar-refractivity contribution in [1.29, 1.82) is 0 Å². The van der Waals surface area contributed by atoms with Gasteiger partial charge in [-0.3, -0.25) is 0 Å². The zero-order valence-corrected chi connectivity index (χ0v) is 5.83. The molecule has 0 aliphatic carbocycles. The predicted octanol–water partition coefficient (Wildman–Crippen LogP) is 1.94. The van der Waals surface area contributed by atoms with Crippen LogP contribution in [0.25, 0.3) is 0 Å². The van der Waals surface area contributed by atoms with Crippen LogP contribution in [0.1, 0.15) is 15.3 Å². The van der Waals surface area contributed by atoms with Crippen molar-refractivity contribution in [1.82, 2.24) is 4.98 Å². The maximum absolute atomic E-state index is 5.25. The fourth-order valence-electron chi connectivity index (χ4n) is 0.376. The summed E-state index contributed by atoms with van der Waals surface area (Å²) >= 11 is 0. The molecule has 1 rings (SSSR count). The lowest BCUT2D eigenvalue weighted by atomic mass is 10.5. The number of pyridine rings is 1. The molecular formula is C7H14N2. The Kier molecular flexibility index (Phi) is 4.50. The number of nitrogen functional groups attached to an aromatic ring is 1. The third-order valence-corrected chi connectivity index (χ3v) is 0.688. The van der Waals surface area contributed by atoms with Crippen LogP contribution in [0.2, 0.25) is 0 Å². The normalized spacial score (nSPS) is 7.33. The molecule has 2 N–H and O–H groups in total. The summed E-state index contributed by atoms with van der Waals surface area (Å²) in [4.78, 5) is 3.76. The molecule has 0 amide bonds. The largest absolute Gasteiger partial charge is 0.384 e. The number of hydrogen-bond acceptors (Lipinski definition) is 2. The first-order valence-corrected chi connectivity index (χ1v) is 3.06. The quantitative estimate of drug-likeness (QED) is 0.577. The summed E-state index contributed by atoms with van der Waals surface area (Å²) < 4.78 is 0. The number of hydrogen-bond donors (Lipinski definition) is 1. The average Bonchev–Trinajstić information content (AvgIpc) is 1.94. The van der Waals surface area contributed by atoms with E-state index < -0.39 is 0 Å². The Morgan fingerprint density at radius 3 is 2.33 bits per heavy atom. The van der Waals surface area contributed by atoms with Crippen molar-refractivity contribution in [3.05, 3.63) is 24.4 Å². The Morgan fingerprint density at radius 1 is 1.44 bits per heavy atom. The molecule has 0 atom stereocenters. The van der Waals surface area contributed by atoms with Gasteiger partial charge in [0.2, 0.25) is 0 Å². The number of rotatable bonds is 0. The van der Waals surface area contributed by atoms with E-state index in [1.54, 1.807) is 12.3 Å². The molecule has 0 radical (unpaired) electrons. The lowest BCUT2D eigenvalue weighted by molar-refractivity contribution is 1.34. The van der Waals surface area contributed by atoms with Gasteiger partial charge in [-0.05, 0) is 12.1 Å². The van der Waals surface area contributed by atoms with E-state index in [4.69, 9.17) is 5.73 Å². The zero-order chi connectivity index (χ0) is 7.11. The third-order valence-electron chi connectivity index (χ3n) is 0.688. The molecule has 9 heavy (non-hydrogen) atoms. The van der Waals surface area contributed by atoms with Gasteiger partial charge in [0.1, 0.15) is 5.82 Å². The van der Waals surface area contributed by atoms with Crippen molar-refractivity contribution >= 4 is 5.82 Å². The molecule has 0 unspecified atom stereocenters. The molecule has 0 spiro atoms. The highest BCUT2D eigenvalue weighted by molar-refractivity contribution is 5.25. The summed E-state index contributed by atoms with van der Waals surface area (Å²) in [6.45, 7) is 4.00. The van der Waals surface area contributed by atoms with Gasteiger partial charge < -0.3 is 5.73 Å².